The lowest BCUT2D eigenvalue weighted by Gasteiger charge is -2.04. The highest BCUT2D eigenvalue weighted by molar-refractivity contribution is 5.95. The summed E-state index contributed by atoms with van der Waals surface area (Å²) in [6.45, 7) is -0.106. The number of hydrogen-bond acceptors (Lipinski definition) is 5. The van der Waals surface area contributed by atoms with Gasteiger partial charge in [-0.3, -0.25) is 4.79 Å². The quantitative estimate of drug-likeness (QED) is 0.379. The maximum atomic E-state index is 11.6. The summed E-state index contributed by atoms with van der Waals surface area (Å²) in [5.74, 6) is -0.674. The maximum absolute atomic E-state index is 11.6. The van der Waals surface area contributed by atoms with Crippen LogP contribution in [0.2, 0.25) is 0 Å². The van der Waals surface area contributed by atoms with Gasteiger partial charge in [0.15, 0.2) is 6.79 Å². The number of hydrogen-bond donors (Lipinski definition) is 1. The molecule has 0 aliphatic heterocycles. The van der Waals surface area contributed by atoms with Crippen LogP contribution in [0.3, 0.4) is 0 Å². The molecule has 0 atom stereocenters. The number of para-hydroxylation sites is 1. The predicted octanol–water partition coefficient (Wildman–Crippen LogP) is 1.06. The highest BCUT2D eigenvalue weighted by Crippen LogP contribution is 2.12. The van der Waals surface area contributed by atoms with Gasteiger partial charge in [0.05, 0.1) is 0 Å². The molecule has 2 aromatic rings. The number of carbonyl (C=O) groups excluding carboxylic acids is 1. The zero-order valence-corrected chi connectivity index (χ0v) is 9.64. The molecule has 1 N–H and O–H groups in total. The number of fused-ring (bicyclic) bond motifs is 1. The molecule has 1 aromatic heterocycles. The second kappa shape index (κ2) is 5.44. The van der Waals surface area contributed by atoms with Gasteiger partial charge in [-0.05, 0) is 12.1 Å². The lowest BCUT2D eigenvalue weighted by atomic mass is 10.2. The molecule has 0 fully saturated rings. The predicted molar refractivity (Wildman–Crippen MR) is 62.9 cm³/mol. The molecule has 1 amide bonds. The molecule has 0 saturated heterocycles. The van der Waals surface area contributed by atoms with Crippen molar-refractivity contribution in [3.05, 3.63) is 46.3 Å². The number of amides is 1. The van der Waals surface area contributed by atoms with Crippen molar-refractivity contribution in [2.75, 3.05) is 13.9 Å². The molecular weight excluding hydrogens is 238 g/mol. The molecular formula is C12H11NO5. The van der Waals surface area contributed by atoms with Crippen molar-refractivity contribution in [1.29, 1.82) is 0 Å². The minimum absolute atomic E-state index is 0.106. The third-order valence-corrected chi connectivity index (χ3v) is 2.23. The van der Waals surface area contributed by atoms with Crippen molar-refractivity contribution >= 4 is 16.9 Å². The summed E-state index contributed by atoms with van der Waals surface area (Å²) in [6, 6.07) is 8.37. The van der Waals surface area contributed by atoms with E-state index in [1.165, 1.54) is 13.2 Å². The van der Waals surface area contributed by atoms with Gasteiger partial charge in [0.25, 0.3) is 5.91 Å². The van der Waals surface area contributed by atoms with Crippen LogP contribution in [0.25, 0.3) is 11.0 Å². The molecule has 6 heteroatoms. The van der Waals surface area contributed by atoms with Crippen LogP contribution in [0, 0.1) is 0 Å². The molecule has 6 nitrogen and oxygen atoms in total. The van der Waals surface area contributed by atoms with E-state index < -0.39 is 11.5 Å². The van der Waals surface area contributed by atoms with Gasteiger partial charge in [0, 0.05) is 12.5 Å². The van der Waals surface area contributed by atoms with E-state index in [9.17, 15) is 9.59 Å². The Morgan fingerprint density at radius 2 is 2.17 bits per heavy atom. The summed E-state index contributed by atoms with van der Waals surface area (Å²) >= 11 is 0. The normalized spacial score (nSPS) is 10.5. The first kappa shape index (κ1) is 12.3. The van der Waals surface area contributed by atoms with E-state index in [1.807, 2.05) is 0 Å². The van der Waals surface area contributed by atoms with Crippen molar-refractivity contribution in [1.82, 2.24) is 5.48 Å². The highest BCUT2D eigenvalue weighted by Gasteiger charge is 2.13. The van der Waals surface area contributed by atoms with E-state index in [0.29, 0.717) is 11.0 Å². The van der Waals surface area contributed by atoms with Gasteiger partial charge in [-0.15, -0.1) is 0 Å². The molecule has 2 rings (SSSR count). The Morgan fingerprint density at radius 1 is 1.39 bits per heavy atom. The number of benzene rings is 1. The Hall–Kier alpha value is -2.18. The van der Waals surface area contributed by atoms with E-state index in [1.54, 1.807) is 24.3 Å². The van der Waals surface area contributed by atoms with E-state index >= 15 is 0 Å². The average molecular weight is 249 g/mol. The summed E-state index contributed by atoms with van der Waals surface area (Å²) in [7, 11) is 1.41. The van der Waals surface area contributed by atoms with Crippen molar-refractivity contribution in [2.45, 2.75) is 0 Å². The fraction of sp³-hybridized carbons (Fsp3) is 0.167. The molecule has 0 aliphatic rings. The molecule has 18 heavy (non-hydrogen) atoms. The van der Waals surface area contributed by atoms with Crippen molar-refractivity contribution in [3.8, 4) is 0 Å². The van der Waals surface area contributed by atoms with E-state index in [-0.39, 0.29) is 12.4 Å². The lowest BCUT2D eigenvalue weighted by molar-refractivity contribution is -0.0705. The van der Waals surface area contributed by atoms with Gasteiger partial charge in [-0.1, -0.05) is 18.2 Å². The molecule has 0 radical (unpaired) electrons. The van der Waals surface area contributed by atoms with Gasteiger partial charge in [-0.25, -0.2) is 15.1 Å². The summed E-state index contributed by atoms with van der Waals surface area (Å²) in [5, 5.41) is 0.661. The summed E-state index contributed by atoms with van der Waals surface area (Å²) < 4.78 is 9.61. The summed E-state index contributed by atoms with van der Waals surface area (Å²) in [4.78, 5) is 27.9. The molecule has 1 aromatic carbocycles. The number of carbonyl (C=O) groups is 1. The summed E-state index contributed by atoms with van der Waals surface area (Å²) in [6.07, 6.45) is 0. The monoisotopic (exact) mass is 249 g/mol. The summed E-state index contributed by atoms with van der Waals surface area (Å²) in [5.41, 5.74) is 1.67. The first-order chi connectivity index (χ1) is 8.72. The molecule has 94 valence electrons. The molecule has 1 heterocycles. The number of nitrogens with one attached hydrogen (secondary N) is 1. The Bertz CT molecular complexity index is 619. The highest BCUT2D eigenvalue weighted by atomic mass is 16.8. The lowest BCUT2D eigenvalue weighted by Crippen LogP contribution is -2.29. The molecule has 0 bridgehead atoms. The van der Waals surface area contributed by atoms with Gasteiger partial charge >= 0.3 is 5.63 Å². The fourth-order valence-electron chi connectivity index (χ4n) is 1.43. The van der Waals surface area contributed by atoms with Crippen LogP contribution in [0.15, 0.2) is 39.5 Å². The SMILES string of the molecule is COCONC(=O)c1cc2ccccc2oc1=O. The Labute approximate surface area is 102 Å². The van der Waals surface area contributed by atoms with Gasteiger partial charge < -0.3 is 9.15 Å². The largest absolute Gasteiger partial charge is 0.422 e. The van der Waals surface area contributed by atoms with Gasteiger partial charge in [0.1, 0.15) is 11.1 Å². The van der Waals surface area contributed by atoms with Crippen LogP contribution >= 0.6 is 0 Å². The molecule has 0 spiro atoms. The third kappa shape index (κ3) is 2.55. The van der Waals surface area contributed by atoms with Crippen LogP contribution in [0.5, 0.6) is 0 Å². The topological polar surface area (TPSA) is 77.8 Å². The minimum atomic E-state index is -0.716. The smallest absolute Gasteiger partial charge is 0.349 e. The van der Waals surface area contributed by atoms with Crippen molar-refractivity contribution in [2.24, 2.45) is 0 Å². The number of rotatable bonds is 4. The van der Waals surface area contributed by atoms with Gasteiger partial charge in [0.2, 0.25) is 0 Å². The van der Waals surface area contributed by atoms with Crippen LogP contribution in [0.1, 0.15) is 10.4 Å². The fourth-order valence-corrected chi connectivity index (χ4v) is 1.43. The van der Waals surface area contributed by atoms with Crippen molar-refractivity contribution < 1.29 is 18.8 Å². The van der Waals surface area contributed by atoms with E-state index in [2.05, 4.69) is 15.1 Å². The standard InChI is InChI=1S/C12H11NO5/c1-16-7-17-13-11(14)9-6-8-4-2-3-5-10(8)18-12(9)15/h2-6H,7H2,1H3,(H,13,14). The minimum Gasteiger partial charge on any atom is -0.422 e. The zero-order valence-electron chi connectivity index (χ0n) is 9.64. The van der Waals surface area contributed by atoms with Crippen LogP contribution in [0.4, 0.5) is 0 Å². The van der Waals surface area contributed by atoms with Gasteiger partial charge in [-0.2, -0.15) is 0 Å². The first-order valence-electron chi connectivity index (χ1n) is 5.16. The average Bonchev–Trinajstić information content (AvgIpc) is 2.38. The van der Waals surface area contributed by atoms with Crippen LogP contribution in [-0.2, 0) is 9.57 Å². The molecule has 0 saturated carbocycles. The second-order valence-corrected chi connectivity index (χ2v) is 3.47. The number of methoxy groups -OCH3 is 1. The Kier molecular flexibility index (Phi) is 3.71. The second-order valence-electron chi connectivity index (χ2n) is 3.47. The zero-order chi connectivity index (χ0) is 13.0. The maximum Gasteiger partial charge on any atom is 0.349 e. The molecule has 0 unspecified atom stereocenters. The van der Waals surface area contributed by atoms with Crippen LogP contribution < -0.4 is 11.1 Å². The Morgan fingerprint density at radius 3 is 2.94 bits per heavy atom. The number of ether oxygens (including phenoxy) is 1. The molecule has 0 aliphatic carbocycles. The van der Waals surface area contributed by atoms with E-state index in [0.717, 1.165) is 0 Å². The third-order valence-electron chi connectivity index (χ3n) is 2.23. The first-order valence-corrected chi connectivity index (χ1v) is 5.16. The van der Waals surface area contributed by atoms with Crippen LogP contribution in [-0.4, -0.2) is 19.8 Å². The van der Waals surface area contributed by atoms with E-state index in [4.69, 9.17) is 4.42 Å². The van der Waals surface area contributed by atoms with Crippen molar-refractivity contribution in [3.63, 3.8) is 0 Å². The Balaban J connectivity index is 2.30. The number of hydroxylamine groups is 1.